The van der Waals surface area contributed by atoms with Gasteiger partial charge in [-0.2, -0.15) is 5.26 Å². The predicted octanol–water partition coefficient (Wildman–Crippen LogP) is 3.85. The number of aryl methyl sites for hydroxylation is 2. The van der Waals surface area contributed by atoms with E-state index in [1.807, 2.05) is 38.1 Å². The van der Waals surface area contributed by atoms with E-state index in [1.165, 1.54) is 6.07 Å². The number of anilines is 1. The summed E-state index contributed by atoms with van der Waals surface area (Å²) in [6, 6.07) is 12.5. The molecule has 0 fully saturated rings. The minimum Gasteiger partial charge on any atom is -0.483 e. The number of nitrogens with zero attached hydrogens (tertiary/aromatic N) is 1. The van der Waals surface area contributed by atoms with Crippen LogP contribution in [0.4, 0.5) is 5.69 Å². The molecular formula is C17H15ClN2O2. The van der Waals surface area contributed by atoms with Crippen LogP contribution in [0.3, 0.4) is 0 Å². The van der Waals surface area contributed by atoms with Crippen LogP contribution in [0.25, 0.3) is 0 Å². The largest absolute Gasteiger partial charge is 0.483 e. The molecule has 1 N–H and O–H groups in total. The van der Waals surface area contributed by atoms with Gasteiger partial charge in [0.25, 0.3) is 5.91 Å². The summed E-state index contributed by atoms with van der Waals surface area (Å²) in [5.41, 5.74) is 3.01. The number of ether oxygens (including phenoxy) is 1. The standard InChI is InChI=1S/C17H15ClN2O2/c1-11-3-6-16(12(2)7-11)22-10-17(21)20-14-5-4-13(9-19)15(18)8-14/h3-8H,10H2,1-2H3,(H,20,21). The zero-order chi connectivity index (χ0) is 16.1. The Kier molecular flexibility index (Phi) is 5.03. The maximum Gasteiger partial charge on any atom is 0.262 e. The number of rotatable bonds is 4. The molecule has 112 valence electrons. The molecule has 0 aromatic heterocycles. The molecule has 0 bridgehead atoms. The third kappa shape index (κ3) is 4.00. The van der Waals surface area contributed by atoms with Gasteiger partial charge >= 0.3 is 0 Å². The Morgan fingerprint density at radius 2 is 2.05 bits per heavy atom. The van der Waals surface area contributed by atoms with Crippen LogP contribution in [0.1, 0.15) is 16.7 Å². The summed E-state index contributed by atoms with van der Waals surface area (Å²) in [4.78, 5) is 11.9. The summed E-state index contributed by atoms with van der Waals surface area (Å²) >= 11 is 5.92. The molecule has 2 aromatic carbocycles. The monoisotopic (exact) mass is 314 g/mol. The molecular weight excluding hydrogens is 300 g/mol. The fourth-order valence-electron chi connectivity index (χ4n) is 1.99. The summed E-state index contributed by atoms with van der Waals surface area (Å²) in [7, 11) is 0. The Hall–Kier alpha value is -2.51. The number of nitriles is 1. The molecule has 5 heteroatoms. The maximum atomic E-state index is 11.9. The quantitative estimate of drug-likeness (QED) is 0.932. The van der Waals surface area contributed by atoms with Crippen molar-refractivity contribution in [1.82, 2.24) is 0 Å². The average molecular weight is 315 g/mol. The van der Waals surface area contributed by atoms with Crippen molar-refractivity contribution in [3.63, 3.8) is 0 Å². The molecule has 0 spiro atoms. The van der Waals surface area contributed by atoms with Gasteiger partial charge < -0.3 is 10.1 Å². The number of carbonyl (C=O) groups is 1. The zero-order valence-electron chi connectivity index (χ0n) is 12.3. The number of benzene rings is 2. The predicted molar refractivity (Wildman–Crippen MR) is 86.2 cm³/mol. The van der Waals surface area contributed by atoms with Crippen LogP contribution in [-0.2, 0) is 4.79 Å². The van der Waals surface area contributed by atoms with Crippen molar-refractivity contribution in [3.8, 4) is 11.8 Å². The van der Waals surface area contributed by atoms with E-state index in [4.69, 9.17) is 21.6 Å². The van der Waals surface area contributed by atoms with Crippen LogP contribution in [0.2, 0.25) is 5.02 Å². The molecule has 0 unspecified atom stereocenters. The third-order valence-corrected chi connectivity index (χ3v) is 3.38. The van der Waals surface area contributed by atoms with Crippen LogP contribution in [0.15, 0.2) is 36.4 Å². The molecule has 0 atom stereocenters. The van der Waals surface area contributed by atoms with E-state index in [2.05, 4.69) is 5.32 Å². The number of nitrogens with one attached hydrogen (secondary N) is 1. The molecule has 0 aliphatic rings. The number of halogens is 1. The Balaban J connectivity index is 1.96. The minimum absolute atomic E-state index is 0.0957. The Bertz CT molecular complexity index is 751. The van der Waals surface area contributed by atoms with E-state index in [0.717, 1.165) is 11.1 Å². The third-order valence-electron chi connectivity index (χ3n) is 3.06. The lowest BCUT2D eigenvalue weighted by molar-refractivity contribution is -0.118. The Labute approximate surface area is 134 Å². The first-order valence-electron chi connectivity index (χ1n) is 6.69. The topological polar surface area (TPSA) is 62.1 Å². The fourth-order valence-corrected chi connectivity index (χ4v) is 2.21. The highest BCUT2D eigenvalue weighted by molar-refractivity contribution is 6.32. The Morgan fingerprint density at radius 1 is 1.27 bits per heavy atom. The fraction of sp³-hybridized carbons (Fsp3) is 0.176. The van der Waals surface area contributed by atoms with E-state index in [1.54, 1.807) is 12.1 Å². The first-order valence-corrected chi connectivity index (χ1v) is 7.07. The number of hydrogen-bond donors (Lipinski definition) is 1. The van der Waals surface area contributed by atoms with Crippen molar-refractivity contribution < 1.29 is 9.53 Å². The van der Waals surface area contributed by atoms with Gasteiger partial charge in [-0.1, -0.05) is 29.3 Å². The first kappa shape index (κ1) is 15.9. The second-order valence-electron chi connectivity index (χ2n) is 4.91. The van der Waals surface area contributed by atoms with Crippen LogP contribution >= 0.6 is 11.6 Å². The maximum absolute atomic E-state index is 11.9. The van der Waals surface area contributed by atoms with Crippen molar-refractivity contribution >= 4 is 23.2 Å². The molecule has 0 saturated carbocycles. The van der Waals surface area contributed by atoms with Crippen molar-refractivity contribution in [2.24, 2.45) is 0 Å². The van der Waals surface area contributed by atoms with Gasteiger partial charge in [0, 0.05) is 5.69 Å². The summed E-state index contributed by atoms with van der Waals surface area (Å²) in [6.07, 6.45) is 0. The normalized spacial score (nSPS) is 9.91. The van der Waals surface area contributed by atoms with Gasteiger partial charge in [-0.25, -0.2) is 0 Å². The lowest BCUT2D eigenvalue weighted by atomic mass is 10.1. The summed E-state index contributed by atoms with van der Waals surface area (Å²) in [5.74, 6) is 0.388. The van der Waals surface area contributed by atoms with Gasteiger partial charge in [0.1, 0.15) is 11.8 Å². The minimum atomic E-state index is -0.291. The Morgan fingerprint density at radius 3 is 2.68 bits per heavy atom. The van der Waals surface area contributed by atoms with Crippen molar-refractivity contribution in [3.05, 3.63) is 58.1 Å². The molecule has 4 nitrogen and oxygen atoms in total. The summed E-state index contributed by atoms with van der Waals surface area (Å²) in [6.45, 7) is 3.83. The summed E-state index contributed by atoms with van der Waals surface area (Å²) in [5, 5.41) is 11.8. The van der Waals surface area contributed by atoms with Gasteiger partial charge in [-0.05, 0) is 43.7 Å². The second-order valence-corrected chi connectivity index (χ2v) is 5.32. The summed E-state index contributed by atoms with van der Waals surface area (Å²) < 4.78 is 5.50. The van der Waals surface area contributed by atoms with E-state index in [9.17, 15) is 4.79 Å². The van der Waals surface area contributed by atoms with Gasteiger partial charge in [-0.15, -0.1) is 0 Å². The second kappa shape index (κ2) is 6.97. The van der Waals surface area contributed by atoms with Crippen molar-refractivity contribution in [2.75, 3.05) is 11.9 Å². The molecule has 0 aliphatic heterocycles. The van der Waals surface area contributed by atoms with Crippen LogP contribution in [0, 0.1) is 25.2 Å². The smallest absolute Gasteiger partial charge is 0.262 e. The zero-order valence-corrected chi connectivity index (χ0v) is 13.1. The molecule has 2 rings (SSSR count). The first-order chi connectivity index (χ1) is 10.5. The molecule has 0 aliphatic carbocycles. The number of carbonyl (C=O) groups excluding carboxylic acids is 1. The molecule has 0 saturated heterocycles. The van der Waals surface area contributed by atoms with Crippen LogP contribution in [-0.4, -0.2) is 12.5 Å². The average Bonchev–Trinajstić information content (AvgIpc) is 2.46. The molecule has 0 radical (unpaired) electrons. The highest BCUT2D eigenvalue weighted by Crippen LogP contribution is 2.21. The van der Waals surface area contributed by atoms with Crippen LogP contribution in [0.5, 0.6) is 5.75 Å². The molecule has 1 amide bonds. The van der Waals surface area contributed by atoms with Crippen LogP contribution < -0.4 is 10.1 Å². The van der Waals surface area contributed by atoms with E-state index in [0.29, 0.717) is 22.0 Å². The van der Waals surface area contributed by atoms with E-state index in [-0.39, 0.29) is 12.5 Å². The van der Waals surface area contributed by atoms with E-state index < -0.39 is 0 Å². The highest BCUT2D eigenvalue weighted by atomic mass is 35.5. The molecule has 22 heavy (non-hydrogen) atoms. The molecule has 0 heterocycles. The van der Waals surface area contributed by atoms with E-state index >= 15 is 0 Å². The molecule has 2 aromatic rings. The number of hydrogen-bond acceptors (Lipinski definition) is 3. The van der Waals surface area contributed by atoms with Gasteiger partial charge in [0.15, 0.2) is 6.61 Å². The van der Waals surface area contributed by atoms with Crippen molar-refractivity contribution in [2.45, 2.75) is 13.8 Å². The van der Waals surface area contributed by atoms with Gasteiger partial charge in [-0.3, -0.25) is 4.79 Å². The lowest BCUT2D eigenvalue weighted by Crippen LogP contribution is -2.20. The van der Waals surface area contributed by atoms with Gasteiger partial charge in [0.05, 0.1) is 10.6 Å². The van der Waals surface area contributed by atoms with Crippen molar-refractivity contribution in [1.29, 1.82) is 5.26 Å². The lowest BCUT2D eigenvalue weighted by Gasteiger charge is -2.10. The number of amides is 1. The SMILES string of the molecule is Cc1ccc(OCC(=O)Nc2ccc(C#N)c(Cl)c2)c(C)c1. The highest BCUT2D eigenvalue weighted by Gasteiger charge is 2.07. The van der Waals surface area contributed by atoms with Gasteiger partial charge in [0.2, 0.25) is 0 Å².